The molecule has 1 aromatic rings. The number of nitrogens with zero attached hydrogens (tertiary/aromatic N) is 1. The molecule has 2 unspecified atom stereocenters. The molecular formula is C13H19FN2O3S. The van der Waals surface area contributed by atoms with Crippen molar-refractivity contribution in [1.29, 1.82) is 0 Å². The second-order valence-electron chi connectivity index (χ2n) is 4.84. The molecule has 20 heavy (non-hydrogen) atoms. The van der Waals surface area contributed by atoms with Gasteiger partial charge < -0.3 is 10.5 Å². The predicted octanol–water partition coefficient (Wildman–Crippen LogP) is 0.953. The highest BCUT2D eigenvalue weighted by Crippen LogP contribution is 2.26. The highest BCUT2D eigenvalue weighted by molar-refractivity contribution is 7.89. The second kappa shape index (κ2) is 6.17. The maximum Gasteiger partial charge on any atom is 0.243 e. The van der Waals surface area contributed by atoms with Gasteiger partial charge in [-0.2, -0.15) is 4.31 Å². The van der Waals surface area contributed by atoms with Gasteiger partial charge in [-0.15, -0.1) is 0 Å². The average Bonchev–Trinajstić information content (AvgIpc) is 2.46. The van der Waals surface area contributed by atoms with Crippen LogP contribution in [0, 0.1) is 5.82 Å². The van der Waals surface area contributed by atoms with Crippen molar-refractivity contribution in [3.63, 3.8) is 0 Å². The molecule has 0 amide bonds. The van der Waals surface area contributed by atoms with Gasteiger partial charge in [0, 0.05) is 26.2 Å². The van der Waals surface area contributed by atoms with E-state index in [0.29, 0.717) is 19.4 Å². The van der Waals surface area contributed by atoms with Gasteiger partial charge in [0.25, 0.3) is 0 Å². The van der Waals surface area contributed by atoms with Gasteiger partial charge in [-0.1, -0.05) is 6.07 Å². The molecule has 5 nitrogen and oxygen atoms in total. The SMILES string of the molecule is COC1CCN(S(=O)(=O)c2cccc(F)c2)C(CN)C1. The molecule has 1 aliphatic heterocycles. The molecule has 1 fully saturated rings. The topological polar surface area (TPSA) is 72.6 Å². The van der Waals surface area contributed by atoms with Gasteiger partial charge in [0.05, 0.1) is 11.0 Å². The summed E-state index contributed by atoms with van der Waals surface area (Å²) in [5, 5.41) is 0. The Morgan fingerprint density at radius 2 is 2.25 bits per heavy atom. The van der Waals surface area contributed by atoms with E-state index in [1.807, 2.05) is 0 Å². The van der Waals surface area contributed by atoms with Crippen molar-refractivity contribution < 1.29 is 17.5 Å². The highest BCUT2D eigenvalue weighted by Gasteiger charge is 2.36. The maximum absolute atomic E-state index is 13.2. The second-order valence-corrected chi connectivity index (χ2v) is 6.74. The summed E-state index contributed by atoms with van der Waals surface area (Å²) < 4.78 is 45.0. The quantitative estimate of drug-likeness (QED) is 0.899. The van der Waals surface area contributed by atoms with Crippen LogP contribution in [-0.4, -0.2) is 45.1 Å². The summed E-state index contributed by atoms with van der Waals surface area (Å²) in [6.07, 6.45) is 1.19. The van der Waals surface area contributed by atoms with Crippen LogP contribution < -0.4 is 5.73 Å². The normalized spacial score (nSPS) is 24.8. The first-order chi connectivity index (χ1) is 9.48. The zero-order chi connectivity index (χ0) is 14.8. The fourth-order valence-electron chi connectivity index (χ4n) is 2.50. The number of methoxy groups -OCH3 is 1. The Morgan fingerprint density at radius 1 is 1.50 bits per heavy atom. The fourth-order valence-corrected chi connectivity index (χ4v) is 4.19. The average molecular weight is 302 g/mol. The zero-order valence-electron chi connectivity index (χ0n) is 11.3. The molecule has 2 N–H and O–H groups in total. The van der Waals surface area contributed by atoms with E-state index >= 15 is 0 Å². The fraction of sp³-hybridized carbons (Fsp3) is 0.538. The third-order valence-corrected chi connectivity index (χ3v) is 5.57. The monoisotopic (exact) mass is 302 g/mol. The lowest BCUT2D eigenvalue weighted by molar-refractivity contribution is 0.0401. The van der Waals surface area contributed by atoms with Crippen LogP contribution in [0.3, 0.4) is 0 Å². The Bertz CT molecular complexity index is 564. The van der Waals surface area contributed by atoms with Crippen LogP contribution in [0.25, 0.3) is 0 Å². The van der Waals surface area contributed by atoms with Crippen LogP contribution in [-0.2, 0) is 14.8 Å². The summed E-state index contributed by atoms with van der Waals surface area (Å²) in [6, 6.07) is 4.72. The van der Waals surface area contributed by atoms with Gasteiger partial charge in [-0.25, -0.2) is 12.8 Å². The van der Waals surface area contributed by atoms with Gasteiger partial charge in [0.15, 0.2) is 0 Å². The van der Waals surface area contributed by atoms with E-state index in [2.05, 4.69) is 0 Å². The Labute approximate surface area is 118 Å². The number of hydrogen-bond acceptors (Lipinski definition) is 4. The lowest BCUT2D eigenvalue weighted by Crippen LogP contribution is -2.51. The number of benzene rings is 1. The molecule has 1 heterocycles. The van der Waals surface area contributed by atoms with E-state index in [-0.39, 0.29) is 23.6 Å². The van der Waals surface area contributed by atoms with Crippen LogP contribution in [0.1, 0.15) is 12.8 Å². The van der Waals surface area contributed by atoms with Gasteiger partial charge in [-0.3, -0.25) is 0 Å². The molecule has 1 aliphatic rings. The number of ether oxygens (including phenoxy) is 1. The van der Waals surface area contributed by atoms with Crippen LogP contribution in [0.2, 0.25) is 0 Å². The number of nitrogens with two attached hydrogens (primary N) is 1. The first kappa shape index (κ1) is 15.4. The molecule has 0 aliphatic carbocycles. The largest absolute Gasteiger partial charge is 0.381 e. The van der Waals surface area contributed by atoms with E-state index in [1.165, 1.54) is 22.5 Å². The third kappa shape index (κ3) is 3.01. The minimum atomic E-state index is -3.72. The van der Waals surface area contributed by atoms with Gasteiger partial charge in [0.2, 0.25) is 10.0 Å². The van der Waals surface area contributed by atoms with E-state index in [1.54, 1.807) is 7.11 Å². The summed E-state index contributed by atoms with van der Waals surface area (Å²) in [4.78, 5) is -0.0354. The summed E-state index contributed by atoms with van der Waals surface area (Å²) in [6.45, 7) is 0.549. The first-order valence-electron chi connectivity index (χ1n) is 6.49. The predicted molar refractivity (Wildman–Crippen MR) is 73.2 cm³/mol. The summed E-state index contributed by atoms with van der Waals surface area (Å²) >= 11 is 0. The van der Waals surface area contributed by atoms with Crippen molar-refractivity contribution in [2.45, 2.75) is 29.9 Å². The zero-order valence-corrected chi connectivity index (χ0v) is 12.1. The summed E-state index contributed by atoms with van der Waals surface area (Å²) in [5.74, 6) is -0.567. The Morgan fingerprint density at radius 3 is 2.85 bits per heavy atom. The molecule has 2 rings (SSSR count). The van der Waals surface area contributed by atoms with Crippen molar-refractivity contribution in [2.24, 2.45) is 5.73 Å². The maximum atomic E-state index is 13.2. The minimum Gasteiger partial charge on any atom is -0.381 e. The number of halogens is 1. The van der Waals surface area contributed by atoms with E-state index < -0.39 is 15.8 Å². The Kier molecular flexibility index (Phi) is 4.74. The van der Waals surface area contributed by atoms with Gasteiger partial charge in [0.1, 0.15) is 5.82 Å². The molecule has 0 bridgehead atoms. The molecule has 2 atom stereocenters. The van der Waals surface area contributed by atoms with Crippen molar-refractivity contribution in [3.05, 3.63) is 30.1 Å². The molecule has 0 spiro atoms. The lowest BCUT2D eigenvalue weighted by Gasteiger charge is -2.37. The van der Waals surface area contributed by atoms with Crippen molar-refractivity contribution in [1.82, 2.24) is 4.31 Å². The smallest absolute Gasteiger partial charge is 0.243 e. The van der Waals surface area contributed by atoms with Gasteiger partial charge >= 0.3 is 0 Å². The summed E-state index contributed by atoms with van der Waals surface area (Å²) in [5.41, 5.74) is 5.68. The van der Waals surface area contributed by atoms with Crippen molar-refractivity contribution >= 4 is 10.0 Å². The Hall–Kier alpha value is -1.02. The number of rotatable bonds is 4. The third-order valence-electron chi connectivity index (χ3n) is 3.62. The van der Waals surface area contributed by atoms with E-state index in [0.717, 1.165) is 6.07 Å². The molecule has 0 aromatic heterocycles. The molecule has 0 saturated carbocycles. The van der Waals surface area contributed by atoms with E-state index in [4.69, 9.17) is 10.5 Å². The highest BCUT2D eigenvalue weighted by atomic mass is 32.2. The molecule has 112 valence electrons. The van der Waals surface area contributed by atoms with Gasteiger partial charge in [-0.05, 0) is 31.0 Å². The lowest BCUT2D eigenvalue weighted by atomic mass is 10.0. The van der Waals surface area contributed by atoms with Crippen LogP contribution in [0.4, 0.5) is 4.39 Å². The first-order valence-corrected chi connectivity index (χ1v) is 7.93. The van der Waals surface area contributed by atoms with E-state index in [9.17, 15) is 12.8 Å². The molecule has 1 aromatic carbocycles. The molecule has 7 heteroatoms. The van der Waals surface area contributed by atoms with Crippen molar-refractivity contribution in [2.75, 3.05) is 20.2 Å². The number of piperidine rings is 1. The molecule has 1 saturated heterocycles. The van der Waals surface area contributed by atoms with Crippen LogP contribution in [0.5, 0.6) is 0 Å². The Balaban J connectivity index is 2.29. The standard InChI is InChI=1S/C13H19FN2O3S/c1-19-12-5-6-16(11(8-12)9-15)20(17,18)13-4-2-3-10(14)7-13/h2-4,7,11-12H,5-6,8-9,15H2,1H3. The number of hydrogen-bond donors (Lipinski definition) is 1. The molecule has 0 radical (unpaired) electrons. The minimum absolute atomic E-state index is 0.0162. The van der Waals surface area contributed by atoms with Crippen LogP contribution in [0.15, 0.2) is 29.2 Å². The van der Waals surface area contributed by atoms with Crippen molar-refractivity contribution in [3.8, 4) is 0 Å². The number of sulfonamides is 1. The summed E-state index contributed by atoms with van der Waals surface area (Å²) in [7, 11) is -2.11. The molecular weight excluding hydrogens is 283 g/mol. The van der Waals surface area contributed by atoms with Crippen LogP contribution >= 0.6 is 0 Å².